The van der Waals surface area contributed by atoms with E-state index in [1.165, 1.54) is 15.9 Å². The summed E-state index contributed by atoms with van der Waals surface area (Å²) in [4.78, 5) is 2.48. The molecule has 1 saturated heterocycles. The van der Waals surface area contributed by atoms with E-state index in [4.69, 9.17) is 4.43 Å². The zero-order valence-corrected chi connectivity index (χ0v) is 21.3. The molecule has 33 heavy (non-hydrogen) atoms. The number of nitrogens with zero attached hydrogens (tertiary/aromatic N) is 1. The first-order valence-corrected chi connectivity index (χ1v) is 13.7. The van der Waals surface area contributed by atoms with Crippen LogP contribution in [0.2, 0.25) is 0 Å². The zero-order chi connectivity index (χ0) is 23.3. The molecule has 0 bridgehead atoms. The molecule has 0 amide bonds. The number of aliphatic hydroxyl groups is 1. The Morgan fingerprint density at radius 3 is 1.91 bits per heavy atom. The molecule has 3 aromatic rings. The Bertz CT molecular complexity index is 935. The van der Waals surface area contributed by atoms with E-state index in [9.17, 15) is 5.11 Å². The van der Waals surface area contributed by atoms with Gasteiger partial charge in [-0.05, 0) is 27.8 Å². The van der Waals surface area contributed by atoms with Gasteiger partial charge in [0.05, 0.1) is 12.2 Å². The molecule has 3 atom stereocenters. The van der Waals surface area contributed by atoms with Gasteiger partial charge in [-0.1, -0.05) is 112 Å². The second kappa shape index (κ2) is 10.8. The molecule has 0 spiro atoms. The summed E-state index contributed by atoms with van der Waals surface area (Å²) >= 11 is 0. The summed E-state index contributed by atoms with van der Waals surface area (Å²) in [6, 6.07) is 32.0. The van der Waals surface area contributed by atoms with Gasteiger partial charge in [-0.3, -0.25) is 4.90 Å². The Balaban J connectivity index is 1.61. The molecule has 0 aromatic heterocycles. The summed E-state index contributed by atoms with van der Waals surface area (Å²) in [5, 5.41) is 13.7. The van der Waals surface area contributed by atoms with Crippen molar-refractivity contribution in [3.05, 3.63) is 96.6 Å². The third-order valence-corrected chi connectivity index (χ3v) is 9.23. The fraction of sp³-hybridized carbons (Fsp3) is 0.379. The molecule has 174 valence electrons. The van der Waals surface area contributed by atoms with Crippen LogP contribution in [0.3, 0.4) is 0 Å². The molecule has 3 nitrogen and oxygen atoms in total. The molecule has 4 heteroatoms. The third kappa shape index (κ3) is 6.21. The van der Waals surface area contributed by atoms with Gasteiger partial charge in [-0.25, -0.2) is 0 Å². The molecular weight excluding hydrogens is 422 g/mol. The van der Waals surface area contributed by atoms with Crippen LogP contribution in [-0.4, -0.2) is 44.3 Å². The fourth-order valence-electron chi connectivity index (χ4n) is 5.02. The SMILES string of the molecule is CC(C)(C)C(O[SiH](c1ccccc1)c1ccccc1)C1CN(Cc2ccccc2)CCC1O. The van der Waals surface area contributed by atoms with Gasteiger partial charge in [0.2, 0.25) is 9.04 Å². The van der Waals surface area contributed by atoms with E-state index in [1.807, 2.05) is 0 Å². The average Bonchev–Trinajstić information content (AvgIpc) is 2.82. The van der Waals surface area contributed by atoms with Crippen LogP contribution in [-0.2, 0) is 11.0 Å². The quantitative estimate of drug-likeness (QED) is 0.545. The molecule has 3 aromatic carbocycles. The summed E-state index contributed by atoms with van der Waals surface area (Å²) in [7, 11) is -1.92. The van der Waals surface area contributed by atoms with E-state index in [-0.39, 0.29) is 23.5 Å². The lowest BCUT2D eigenvalue weighted by Crippen LogP contribution is -2.57. The molecule has 1 heterocycles. The first kappa shape index (κ1) is 23.9. The standard InChI is InChI=1S/C29H37NO2Si/c1-29(2,3)28(26-22-30(20-19-27(26)31)21-23-13-7-4-8-14-23)32-33(24-15-9-5-10-16-24)25-17-11-6-12-18-25/h4-18,26-28,31,33H,19-22H2,1-3H3. The molecule has 1 aliphatic heterocycles. The highest BCUT2D eigenvalue weighted by Crippen LogP contribution is 2.34. The molecule has 1 N–H and O–H groups in total. The fourth-order valence-corrected chi connectivity index (χ4v) is 7.77. The lowest BCUT2D eigenvalue weighted by Gasteiger charge is -2.46. The number of hydrogen-bond donors (Lipinski definition) is 1. The monoisotopic (exact) mass is 459 g/mol. The van der Waals surface area contributed by atoms with Crippen molar-refractivity contribution in [2.75, 3.05) is 13.1 Å². The number of rotatable bonds is 7. The van der Waals surface area contributed by atoms with Gasteiger partial charge in [0.25, 0.3) is 0 Å². The van der Waals surface area contributed by atoms with Gasteiger partial charge < -0.3 is 9.53 Å². The second-order valence-corrected chi connectivity index (χ2v) is 12.7. The van der Waals surface area contributed by atoms with Crippen LogP contribution >= 0.6 is 0 Å². The second-order valence-electron chi connectivity index (χ2n) is 10.4. The minimum atomic E-state index is -1.92. The first-order chi connectivity index (χ1) is 15.9. The first-order valence-electron chi connectivity index (χ1n) is 12.1. The Morgan fingerprint density at radius 1 is 0.879 bits per heavy atom. The molecular formula is C29H37NO2Si. The van der Waals surface area contributed by atoms with Gasteiger partial charge in [-0.15, -0.1) is 0 Å². The molecule has 0 aliphatic carbocycles. The van der Waals surface area contributed by atoms with E-state index in [0.29, 0.717) is 0 Å². The molecule has 0 saturated carbocycles. The van der Waals surface area contributed by atoms with Crippen LogP contribution in [0.4, 0.5) is 0 Å². The van der Waals surface area contributed by atoms with Crippen molar-refractivity contribution >= 4 is 19.4 Å². The number of hydrogen-bond acceptors (Lipinski definition) is 3. The maximum atomic E-state index is 11.1. The van der Waals surface area contributed by atoms with Crippen LogP contribution in [0, 0.1) is 11.3 Å². The van der Waals surface area contributed by atoms with E-state index < -0.39 is 9.04 Å². The zero-order valence-electron chi connectivity index (χ0n) is 20.1. The van der Waals surface area contributed by atoms with Crippen molar-refractivity contribution in [1.82, 2.24) is 4.90 Å². The van der Waals surface area contributed by atoms with E-state index in [1.54, 1.807) is 0 Å². The van der Waals surface area contributed by atoms with Crippen LogP contribution in [0.5, 0.6) is 0 Å². The van der Waals surface area contributed by atoms with Crippen LogP contribution in [0.1, 0.15) is 32.8 Å². The van der Waals surface area contributed by atoms with Gasteiger partial charge in [0, 0.05) is 25.6 Å². The minimum absolute atomic E-state index is 0.0387. The summed E-state index contributed by atoms with van der Waals surface area (Å²) in [5.74, 6) is 0.0740. The molecule has 1 aliphatic rings. The largest absolute Gasteiger partial charge is 0.407 e. The molecule has 3 unspecified atom stereocenters. The van der Waals surface area contributed by atoms with Gasteiger partial charge in [0.15, 0.2) is 0 Å². The number of likely N-dealkylation sites (tertiary alicyclic amines) is 1. The summed E-state index contributed by atoms with van der Waals surface area (Å²) in [6.45, 7) is 9.44. The summed E-state index contributed by atoms with van der Waals surface area (Å²) in [6.07, 6.45) is 0.404. The third-order valence-electron chi connectivity index (χ3n) is 6.68. The van der Waals surface area contributed by atoms with Crippen molar-refractivity contribution < 1.29 is 9.53 Å². The predicted octanol–water partition coefficient (Wildman–Crippen LogP) is 3.84. The summed E-state index contributed by atoms with van der Waals surface area (Å²) < 4.78 is 7.15. The highest BCUT2D eigenvalue weighted by molar-refractivity contribution is 6.80. The van der Waals surface area contributed by atoms with Crippen molar-refractivity contribution in [2.24, 2.45) is 11.3 Å². The average molecular weight is 460 g/mol. The Hall–Kier alpha value is -2.24. The van der Waals surface area contributed by atoms with Crippen molar-refractivity contribution in [3.63, 3.8) is 0 Å². The highest BCUT2D eigenvalue weighted by Gasteiger charge is 2.42. The van der Waals surface area contributed by atoms with Crippen molar-refractivity contribution in [2.45, 2.75) is 45.9 Å². The predicted molar refractivity (Wildman–Crippen MR) is 139 cm³/mol. The summed E-state index contributed by atoms with van der Waals surface area (Å²) in [5.41, 5.74) is 1.23. The van der Waals surface area contributed by atoms with Gasteiger partial charge in [-0.2, -0.15) is 0 Å². The molecule has 0 radical (unpaired) electrons. The number of piperidine rings is 1. The highest BCUT2D eigenvalue weighted by atomic mass is 28.3. The van der Waals surface area contributed by atoms with E-state index in [0.717, 1.165) is 26.1 Å². The van der Waals surface area contributed by atoms with Crippen LogP contribution in [0.15, 0.2) is 91.0 Å². The lowest BCUT2D eigenvalue weighted by atomic mass is 9.76. The Kier molecular flexibility index (Phi) is 7.81. The Labute approximate surface area is 200 Å². The minimum Gasteiger partial charge on any atom is -0.407 e. The lowest BCUT2D eigenvalue weighted by molar-refractivity contribution is -0.0676. The van der Waals surface area contributed by atoms with Crippen molar-refractivity contribution in [1.29, 1.82) is 0 Å². The normalized spacial score (nSPS) is 20.6. The van der Waals surface area contributed by atoms with Crippen LogP contribution in [0.25, 0.3) is 0 Å². The number of aliphatic hydroxyl groups excluding tert-OH is 1. The van der Waals surface area contributed by atoms with Crippen LogP contribution < -0.4 is 10.4 Å². The maximum absolute atomic E-state index is 11.1. The topological polar surface area (TPSA) is 32.7 Å². The van der Waals surface area contributed by atoms with E-state index >= 15 is 0 Å². The number of benzene rings is 3. The smallest absolute Gasteiger partial charge is 0.240 e. The van der Waals surface area contributed by atoms with Crippen molar-refractivity contribution in [3.8, 4) is 0 Å². The van der Waals surface area contributed by atoms with Gasteiger partial charge in [0.1, 0.15) is 0 Å². The molecule has 1 fully saturated rings. The maximum Gasteiger partial charge on any atom is 0.240 e. The molecule has 4 rings (SSSR count). The van der Waals surface area contributed by atoms with E-state index in [2.05, 4.69) is 117 Å². The Morgan fingerprint density at radius 2 is 1.39 bits per heavy atom. The van der Waals surface area contributed by atoms with Gasteiger partial charge >= 0.3 is 0 Å².